The molecule has 1 aromatic carbocycles. The third-order valence-corrected chi connectivity index (χ3v) is 3.76. The summed E-state index contributed by atoms with van der Waals surface area (Å²) in [5.74, 6) is 0.834. The second-order valence-corrected chi connectivity index (χ2v) is 5.47. The number of nitrogens with zero attached hydrogens (tertiary/aromatic N) is 2. The zero-order chi connectivity index (χ0) is 14.7. The first-order chi connectivity index (χ1) is 10.3. The van der Waals surface area contributed by atoms with Crippen molar-refractivity contribution in [2.45, 2.75) is 38.4 Å². The summed E-state index contributed by atoms with van der Waals surface area (Å²) in [5.41, 5.74) is 6.76. The molecule has 2 N–H and O–H groups in total. The Labute approximate surface area is 124 Å². The molecule has 0 aliphatic heterocycles. The van der Waals surface area contributed by atoms with Crippen molar-refractivity contribution in [3.8, 4) is 5.75 Å². The fourth-order valence-corrected chi connectivity index (χ4v) is 2.42. The summed E-state index contributed by atoms with van der Waals surface area (Å²) < 4.78 is 9.30. The predicted molar refractivity (Wildman–Crippen MR) is 81.4 cm³/mol. The lowest BCUT2D eigenvalue weighted by Gasteiger charge is -2.07. The molecule has 0 atom stereocenters. The molecule has 21 heavy (non-hydrogen) atoms. The zero-order valence-corrected chi connectivity index (χ0v) is 12.1. The number of aryl methyl sites for hydroxylation is 1. The van der Waals surface area contributed by atoms with Crippen molar-refractivity contribution in [2.24, 2.45) is 5.73 Å². The Bertz CT molecular complexity index is 656. The Kier molecular flexibility index (Phi) is 4.10. The highest BCUT2D eigenvalue weighted by Crippen LogP contribution is 2.33. The van der Waals surface area contributed by atoms with Gasteiger partial charge in [0.1, 0.15) is 5.75 Å². The van der Waals surface area contributed by atoms with Crippen LogP contribution in [0.2, 0.25) is 0 Å². The number of benzene rings is 1. The van der Waals surface area contributed by atoms with E-state index in [-0.39, 0.29) is 5.69 Å². The van der Waals surface area contributed by atoms with E-state index in [2.05, 4.69) is 0 Å². The molecule has 0 radical (unpaired) electrons. The van der Waals surface area contributed by atoms with Gasteiger partial charge in [0.2, 0.25) is 0 Å². The van der Waals surface area contributed by atoms with Gasteiger partial charge in [-0.3, -0.25) is 9.13 Å². The first-order valence-electron chi connectivity index (χ1n) is 7.47. The standard InChI is InChI=1S/C16H21N3O2/c17-12-13-3-1-4-15(11-13)21-10-2-7-18-8-9-19(16(18)20)14-5-6-14/h1,3-4,8-9,11,14H,2,5-7,10,12,17H2. The second-order valence-electron chi connectivity index (χ2n) is 5.47. The van der Waals surface area contributed by atoms with E-state index in [4.69, 9.17) is 10.5 Å². The van der Waals surface area contributed by atoms with Gasteiger partial charge >= 0.3 is 5.69 Å². The lowest BCUT2D eigenvalue weighted by molar-refractivity contribution is 0.300. The maximum atomic E-state index is 12.1. The summed E-state index contributed by atoms with van der Waals surface area (Å²) >= 11 is 0. The Hall–Kier alpha value is -2.01. The van der Waals surface area contributed by atoms with Gasteiger partial charge in [0.15, 0.2) is 0 Å². The SMILES string of the molecule is NCc1cccc(OCCCn2ccn(C3CC3)c2=O)c1. The van der Waals surface area contributed by atoms with Gasteiger partial charge in [-0.15, -0.1) is 0 Å². The van der Waals surface area contributed by atoms with Crippen LogP contribution in [-0.4, -0.2) is 15.7 Å². The summed E-state index contributed by atoms with van der Waals surface area (Å²) in [6.07, 6.45) is 6.83. The van der Waals surface area contributed by atoms with E-state index < -0.39 is 0 Å². The molecule has 1 heterocycles. The van der Waals surface area contributed by atoms with Gasteiger partial charge in [-0.05, 0) is 37.0 Å². The monoisotopic (exact) mass is 287 g/mol. The van der Waals surface area contributed by atoms with Crippen LogP contribution in [0.4, 0.5) is 0 Å². The van der Waals surface area contributed by atoms with Crippen LogP contribution in [0.3, 0.4) is 0 Å². The van der Waals surface area contributed by atoms with Crippen LogP contribution < -0.4 is 16.2 Å². The fraction of sp³-hybridized carbons (Fsp3) is 0.438. The summed E-state index contributed by atoms with van der Waals surface area (Å²) in [4.78, 5) is 12.1. The molecule has 1 aliphatic rings. The van der Waals surface area contributed by atoms with E-state index in [1.165, 1.54) is 0 Å². The fourth-order valence-electron chi connectivity index (χ4n) is 2.42. The highest BCUT2D eigenvalue weighted by molar-refractivity contribution is 5.28. The van der Waals surface area contributed by atoms with E-state index in [1.54, 1.807) is 4.57 Å². The Morgan fingerprint density at radius 3 is 2.90 bits per heavy atom. The van der Waals surface area contributed by atoms with Crippen LogP contribution in [0.5, 0.6) is 5.75 Å². The molecule has 1 aliphatic carbocycles. The minimum atomic E-state index is 0.0997. The zero-order valence-electron chi connectivity index (χ0n) is 12.1. The largest absolute Gasteiger partial charge is 0.494 e. The average molecular weight is 287 g/mol. The molecule has 3 rings (SSSR count). The molecule has 5 heteroatoms. The van der Waals surface area contributed by atoms with Crippen molar-refractivity contribution in [3.05, 3.63) is 52.7 Å². The number of rotatable bonds is 7. The molecule has 0 saturated heterocycles. The van der Waals surface area contributed by atoms with Crippen molar-refractivity contribution >= 4 is 0 Å². The second kappa shape index (κ2) is 6.18. The quantitative estimate of drug-likeness (QED) is 0.791. The topological polar surface area (TPSA) is 62.2 Å². The first kappa shape index (κ1) is 13.9. The number of imidazole rings is 1. The van der Waals surface area contributed by atoms with Gasteiger partial charge in [-0.25, -0.2) is 4.79 Å². The molecular formula is C16H21N3O2. The maximum Gasteiger partial charge on any atom is 0.328 e. The average Bonchev–Trinajstić information content (AvgIpc) is 3.29. The number of aromatic nitrogens is 2. The molecular weight excluding hydrogens is 266 g/mol. The molecule has 0 amide bonds. The van der Waals surface area contributed by atoms with Gasteiger partial charge in [0, 0.05) is 31.5 Å². The molecule has 2 aromatic rings. The Morgan fingerprint density at radius 1 is 1.29 bits per heavy atom. The summed E-state index contributed by atoms with van der Waals surface area (Å²) in [6, 6.07) is 8.24. The number of ether oxygens (including phenoxy) is 1. The van der Waals surface area contributed by atoms with Gasteiger partial charge in [0.05, 0.1) is 6.61 Å². The lowest BCUT2D eigenvalue weighted by atomic mass is 10.2. The van der Waals surface area contributed by atoms with Crippen molar-refractivity contribution in [1.82, 2.24) is 9.13 Å². The predicted octanol–water partition coefficient (Wildman–Crippen LogP) is 1.91. The molecule has 5 nitrogen and oxygen atoms in total. The van der Waals surface area contributed by atoms with E-state index in [0.717, 1.165) is 30.6 Å². The lowest BCUT2D eigenvalue weighted by Crippen LogP contribution is -2.24. The Morgan fingerprint density at radius 2 is 2.14 bits per heavy atom. The molecule has 0 spiro atoms. The van der Waals surface area contributed by atoms with Crippen LogP contribution in [-0.2, 0) is 13.1 Å². The summed E-state index contributed by atoms with van der Waals surface area (Å²) in [6.45, 7) is 1.80. The molecule has 0 bridgehead atoms. The van der Waals surface area contributed by atoms with Gasteiger partial charge in [0.25, 0.3) is 0 Å². The normalized spacial score (nSPS) is 14.3. The Balaban J connectivity index is 1.48. The van der Waals surface area contributed by atoms with Crippen molar-refractivity contribution < 1.29 is 4.74 Å². The number of nitrogens with two attached hydrogens (primary N) is 1. The third kappa shape index (κ3) is 3.36. The minimum Gasteiger partial charge on any atom is -0.494 e. The van der Waals surface area contributed by atoms with E-state index in [0.29, 0.717) is 25.7 Å². The molecule has 1 fully saturated rings. The molecule has 112 valence electrons. The summed E-state index contributed by atoms with van der Waals surface area (Å²) in [7, 11) is 0. The number of hydrogen-bond acceptors (Lipinski definition) is 3. The van der Waals surface area contributed by atoms with Crippen LogP contribution in [0, 0.1) is 0 Å². The van der Waals surface area contributed by atoms with Crippen LogP contribution in [0.15, 0.2) is 41.5 Å². The van der Waals surface area contributed by atoms with E-state index in [1.807, 2.05) is 41.2 Å². The van der Waals surface area contributed by atoms with Gasteiger partial charge in [-0.2, -0.15) is 0 Å². The van der Waals surface area contributed by atoms with Crippen LogP contribution >= 0.6 is 0 Å². The molecule has 1 aromatic heterocycles. The van der Waals surface area contributed by atoms with Crippen molar-refractivity contribution in [2.75, 3.05) is 6.61 Å². The van der Waals surface area contributed by atoms with Crippen molar-refractivity contribution in [3.63, 3.8) is 0 Å². The van der Waals surface area contributed by atoms with E-state index >= 15 is 0 Å². The minimum absolute atomic E-state index is 0.0997. The van der Waals surface area contributed by atoms with Gasteiger partial charge in [-0.1, -0.05) is 12.1 Å². The van der Waals surface area contributed by atoms with Crippen molar-refractivity contribution in [1.29, 1.82) is 0 Å². The third-order valence-electron chi connectivity index (χ3n) is 3.76. The van der Waals surface area contributed by atoms with Gasteiger partial charge < -0.3 is 10.5 Å². The first-order valence-corrected chi connectivity index (χ1v) is 7.47. The van der Waals surface area contributed by atoms with Crippen LogP contribution in [0.25, 0.3) is 0 Å². The molecule has 0 unspecified atom stereocenters. The van der Waals surface area contributed by atoms with Crippen LogP contribution in [0.1, 0.15) is 30.9 Å². The highest BCUT2D eigenvalue weighted by atomic mass is 16.5. The highest BCUT2D eigenvalue weighted by Gasteiger charge is 2.25. The van der Waals surface area contributed by atoms with E-state index in [9.17, 15) is 4.79 Å². The maximum absolute atomic E-state index is 12.1. The summed E-state index contributed by atoms with van der Waals surface area (Å²) in [5, 5.41) is 0. The smallest absolute Gasteiger partial charge is 0.328 e. The number of hydrogen-bond donors (Lipinski definition) is 1. The molecule has 1 saturated carbocycles.